The van der Waals surface area contributed by atoms with Crippen LogP contribution < -0.4 is 15.4 Å². The Hall–Kier alpha value is -2.02. The normalized spacial score (nSPS) is 12.1. The zero-order valence-corrected chi connectivity index (χ0v) is 19.6. The number of hydrogen-bond acceptors (Lipinski definition) is 3. The molecule has 0 unspecified atom stereocenters. The van der Waals surface area contributed by atoms with Crippen LogP contribution in [0.1, 0.15) is 23.6 Å². The Morgan fingerprint density at radius 1 is 1.07 bits per heavy atom. The maximum absolute atomic E-state index is 12.8. The van der Waals surface area contributed by atoms with Crippen LogP contribution in [0.2, 0.25) is 0 Å². The Bertz CT molecular complexity index is 966. The summed E-state index contributed by atoms with van der Waals surface area (Å²) in [4.78, 5) is 4.31. The fraction of sp³-hybridized carbons (Fsp3) is 0.316. The molecule has 0 radical (unpaired) electrons. The van der Waals surface area contributed by atoms with Gasteiger partial charge in [0.1, 0.15) is 0 Å². The maximum atomic E-state index is 12.8. The number of anilines is 1. The standard InChI is InChI=1S/C19H23F3N4O2S.HI/c1-3-23-18(24-12-14-7-6-9-16(11-14)19(20,21)22)25-13-15-8-4-5-10-17(15)26-29(2,27)28;/h4-11,26H,3,12-13H2,1-2H3,(H2,23,24,25);1H. The average Bonchev–Trinajstić information content (AvgIpc) is 2.63. The van der Waals surface area contributed by atoms with E-state index in [2.05, 4.69) is 20.3 Å². The van der Waals surface area contributed by atoms with E-state index in [1.165, 1.54) is 6.07 Å². The van der Waals surface area contributed by atoms with E-state index in [1.807, 2.05) is 6.92 Å². The lowest BCUT2D eigenvalue weighted by molar-refractivity contribution is -0.137. The first kappa shape index (κ1) is 26.0. The van der Waals surface area contributed by atoms with Gasteiger partial charge in [-0.2, -0.15) is 13.2 Å². The quantitative estimate of drug-likeness (QED) is 0.274. The molecule has 0 amide bonds. The molecule has 0 atom stereocenters. The fourth-order valence-corrected chi connectivity index (χ4v) is 3.11. The van der Waals surface area contributed by atoms with Crippen molar-refractivity contribution in [1.29, 1.82) is 0 Å². The third kappa shape index (κ3) is 8.78. The molecular weight excluding hydrogens is 532 g/mol. The highest BCUT2D eigenvalue weighted by molar-refractivity contribution is 14.0. The zero-order valence-electron chi connectivity index (χ0n) is 16.5. The van der Waals surface area contributed by atoms with Gasteiger partial charge in [0, 0.05) is 13.1 Å². The Labute approximate surface area is 191 Å². The van der Waals surface area contributed by atoms with E-state index >= 15 is 0 Å². The summed E-state index contributed by atoms with van der Waals surface area (Å²) in [5.74, 6) is 0.402. The molecule has 0 fully saturated rings. The summed E-state index contributed by atoms with van der Waals surface area (Å²) in [5.41, 5.74) is 0.846. The molecule has 0 aromatic heterocycles. The number of alkyl halides is 3. The number of aliphatic imine (C=N–C) groups is 1. The maximum Gasteiger partial charge on any atom is 0.416 e. The lowest BCUT2D eigenvalue weighted by Crippen LogP contribution is -2.37. The molecule has 166 valence electrons. The number of sulfonamides is 1. The van der Waals surface area contributed by atoms with Gasteiger partial charge >= 0.3 is 6.18 Å². The van der Waals surface area contributed by atoms with Gasteiger partial charge in [-0.1, -0.05) is 30.3 Å². The first-order valence-corrected chi connectivity index (χ1v) is 10.7. The van der Waals surface area contributed by atoms with Crippen molar-refractivity contribution in [2.45, 2.75) is 26.2 Å². The Morgan fingerprint density at radius 3 is 2.40 bits per heavy atom. The molecule has 0 saturated carbocycles. The third-order valence-corrected chi connectivity index (χ3v) is 4.37. The van der Waals surface area contributed by atoms with Gasteiger partial charge in [0.15, 0.2) is 5.96 Å². The molecule has 0 spiro atoms. The summed E-state index contributed by atoms with van der Waals surface area (Å²) < 4.78 is 64.0. The predicted octanol–water partition coefficient (Wildman–Crippen LogP) is 3.95. The lowest BCUT2D eigenvalue weighted by Gasteiger charge is -2.14. The van der Waals surface area contributed by atoms with Gasteiger partial charge in [-0.15, -0.1) is 24.0 Å². The van der Waals surface area contributed by atoms with Crippen molar-refractivity contribution < 1.29 is 21.6 Å². The Morgan fingerprint density at radius 2 is 1.77 bits per heavy atom. The van der Waals surface area contributed by atoms with E-state index in [-0.39, 0.29) is 37.1 Å². The highest BCUT2D eigenvalue weighted by Crippen LogP contribution is 2.29. The SMILES string of the molecule is CCNC(=NCc1cccc(C(F)(F)F)c1)NCc1ccccc1NS(C)(=O)=O.I. The summed E-state index contributed by atoms with van der Waals surface area (Å²) >= 11 is 0. The van der Waals surface area contributed by atoms with Gasteiger partial charge in [0.05, 0.1) is 24.1 Å². The van der Waals surface area contributed by atoms with Crippen LogP contribution in [0.4, 0.5) is 18.9 Å². The molecule has 2 aromatic carbocycles. The van der Waals surface area contributed by atoms with Gasteiger partial charge in [-0.3, -0.25) is 4.72 Å². The fourth-order valence-electron chi connectivity index (χ4n) is 2.51. The van der Waals surface area contributed by atoms with Crippen LogP contribution in [-0.4, -0.2) is 27.2 Å². The van der Waals surface area contributed by atoms with E-state index < -0.39 is 21.8 Å². The number of hydrogen-bond donors (Lipinski definition) is 3. The molecule has 6 nitrogen and oxygen atoms in total. The van der Waals surface area contributed by atoms with Crippen molar-refractivity contribution in [1.82, 2.24) is 10.6 Å². The van der Waals surface area contributed by atoms with Gasteiger partial charge in [0.25, 0.3) is 0 Å². The minimum atomic E-state index is -4.40. The molecule has 0 aliphatic carbocycles. The second kappa shape index (κ2) is 11.4. The molecule has 2 rings (SSSR count). The molecular formula is C19H24F3IN4O2S. The number of guanidine groups is 1. The van der Waals surface area contributed by atoms with E-state index in [4.69, 9.17) is 0 Å². The molecule has 11 heteroatoms. The molecule has 0 aliphatic heterocycles. The first-order valence-electron chi connectivity index (χ1n) is 8.82. The smallest absolute Gasteiger partial charge is 0.357 e. The van der Waals surface area contributed by atoms with Crippen molar-refractivity contribution in [3.63, 3.8) is 0 Å². The summed E-state index contributed by atoms with van der Waals surface area (Å²) in [6, 6.07) is 11.9. The predicted molar refractivity (Wildman–Crippen MR) is 123 cm³/mol. The first-order chi connectivity index (χ1) is 13.6. The topological polar surface area (TPSA) is 82.6 Å². The Balaban J connectivity index is 0.00000450. The van der Waals surface area contributed by atoms with E-state index in [0.29, 0.717) is 29.3 Å². The van der Waals surface area contributed by atoms with E-state index in [1.54, 1.807) is 30.3 Å². The molecule has 30 heavy (non-hydrogen) atoms. The molecule has 2 aromatic rings. The van der Waals surface area contributed by atoms with Crippen LogP contribution in [0.3, 0.4) is 0 Å². The minimum Gasteiger partial charge on any atom is -0.357 e. The summed E-state index contributed by atoms with van der Waals surface area (Å²) in [5, 5.41) is 6.07. The number of benzene rings is 2. The second-order valence-electron chi connectivity index (χ2n) is 6.28. The highest BCUT2D eigenvalue weighted by atomic mass is 127. The summed E-state index contributed by atoms with van der Waals surface area (Å²) in [7, 11) is -3.43. The van der Waals surface area contributed by atoms with E-state index in [9.17, 15) is 21.6 Å². The minimum absolute atomic E-state index is 0. The van der Waals surface area contributed by atoms with Gasteiger partial charge < -0.3 is 10.6 Å². The van der Waals surface area contributed by atoms with Crippen LogP contribution in [0, 0.1) is 0 Å². The van der Waals surface area contributed by atoms with Crippen molar-refractivity contribution in [2.75, 3.05) is 17.5 Å². The largest absolute Gasteiger partial charge is 0.416 e. The lowest BCUT2D eigenvalue weighted by atomic mass is 10.1. The van der Waals surface area contributed by atoms with Crippen LogP contribution in [0.25, 0.3) is 0 Å². The molecule has 0 heterocycles. The van der Waals surface area contributed by atoms with Crippen molar-refractivity contribution in [3.05, 3.63) is 65.2 Å². The van der Waals surface area contributed by atoms with Crippen LogP contribution in [0.15, 0.2) is 53.5 Å². The molecule has 0 bridgehead atoms. The van der Waals surface area contributed by atoms with Gasteiger partial charge in [-0.25, -0.2) is 13.4 Å². The third-order valence-electron chi connectivity index (χ3n) is 3.78. The number of nitrogens with zero attached hydrogens (tertiary/aromatic N) is 1. The zero-order chi connectivity index (χ0) is 21.5. The van der Waals surface area contributed by atoms with Crippen LogP contribution in [0.5, 0.6) is 0 Å². The average molecular weight is 556 g/mol. The number of nitrogens with one attached hydrogen (secondary N) is 3. The van der Waals surface area contributed by atoms with Crippen molar-refractivity contribution >= 4 is 45.6 Å². The highest BCUT2D eigenvalue weighted by Gasteiger charge is 2.30. The Kier molecular flexibility index (Phi) is 9.88. The van der Waals surface area contributed by atoms with Gasteiger partial charge in [-0.05, 0) is 36.2 Å². The van der Waals surface area contributed by atoms with Crippen molar-refractivity contribution in [3.8, 4) is 0 Å². The molecule has 3 N–H and O–H groups in total. The second-order valence-corrected chi connectivity index (χ2v) is 8.03. The monoisotopic (exact) mass is 556 g/mol. The van der Waals surface area contributed by atoms with Gasteiger partial charge in [0.2, 0.25) is 10.0 Å². The molecule has 0 saturated heterocycles. The number of halogens is 4. The summed E-state index contributed by atoms with van der Waals surface area (Å²) in [6.07, 6.45) is -3.34. The molecule has 0 aliphatic rings. The van der Waals surface area contributed by atoms with Crippen LogP contribution >= 0.6 is 24.0 Å². The number of para-hydroxylation sites is 1. The van der Waals surface area contributed by atoms with E-state index in [0.717, 1.165) is 18.4 Å². The number of rotatable bonds is 7. The van der Waals surface area contributed by atoms with Crippen molar-refractivity contribution in [2.24, 2.45) is 4.99 Å². The summed E-state index contributed by atoms with van der Waals surface area (Å²) in [6.45, 7) is 2.74. The van der Waals surface area contributed by atoms with Crippen LogP contribution in [-0.2, 0) is 29.3 Å².